The van der Waals surface area contributed by atoms with Crippen molar-refractivity contribution in [3.63, 3.8) is 0 Å². The average Bonchev–Trinajstić information content (AvgIpc) is 2.85. The quantitative estimate of drug-likeness (QED) is 0.343. The monoisotopic (exact) mass is 450 g/mol. The zero-order chi connectivity index (χ0) is 23.5. The summed E-state index contributed by atoms with van der Waals surface area (Å²) in [6.45, 7) is 2.66. The second-order valence-corrected chi connectivity index (χ2v) is 7.59. The topological polar surface area (TPSA) is 110 Å². The van der Waals surface area contributed by atoms with Gasteiger partial charge in [0.1, 0.15) is 5.58 Å². The Kier molecular flexibility index (Phi) is 5.61. The molecule has 0 spiro atoms. The van der Waals surface area contributed by atoms with E-state index in [2.05, 4.69) is 20.3 Å². The average molecular weight is 451 g/mol. The zero-order valence-electron chi connectivity index (χ0n) is 18.5. The highest BCUT2D eigenvalue weighted by Gasteiger charge is 2.14. The Morgan fingerprint density at radius 3 is 2.38 bits per heavy atom. The molecule has 34 heavy (non-hydrogen) atoms. The number of hydrogen-bond donors (Lipinski definition) is 2. The van der Waals surface area contributed by atoms with Gasteiger partial charge in [-0.15, -0.1) is 0 Å². The van der Waals surface area contributed by atoms with Crippen molar-refractivity contribution in [2.75, 3.05) is 22.5 Å². The van der Waals surface area contributed by atoms with Crippen molar-refractivity contribution in [3.8, 4) is 11.1 Å². The fraction of sp³-hybridized carbons (Fsp3) is 0.0769. The van der Waals surface area contributed by atoms with Crippen molar-refractivity contribution in [3.05, 3.63) is 95.3 Å². The lowest BCUT2D eigenvalue weighted by Gasteiger charge is -2.21. The maximum absolute atomic E-state index is 12.6. The van der Waals surface area contributed by atoms with Crippen molar-refractivity contribution in [1.82, 2.24) is 15.0 Å². The summed E-state index contributed by atoms with van der Waals surface area (Å²) < 4.78 is 5.60. The third-order valence-corrected chi connectivity index (χ3v) is 5.34. The summed E-state index contributed by atoms with van der Waals surface area (Å²) in [4.78, 5) is 27.6. The molecule has 2 aromatic heterocycles. The molecule has 0 aliphatic heterocycles. The maximum atomic E-state index is 12.6. The molecule has 0 atom stereocenters. The second-order valence-electron chi connectivity index (χ2n) is 7.59. The number of benzene rings is 3. The standard InChI is InChI=1S/C26H22N6O2/c1-2-32(20-11-7-4-8-12-20)26-30-24(27)29-25(31-26)28-19-14-13-18-15-21(17-9-5-3-6-10-17)23(33)34-22(18)16-19/h3-16H,2H2,1H3,(H3,27,28,29,30,31). The zero-order valence-corrected chi connectivity index (χ0v) is 18.5. The van der Waals surface area contributed by atoms with Crippen LogP contribution in [-0.4, -0.2) is 21.5 Å². The van der Waals surface area contributed by atoms with Crippen LogP contribution in [0.5, 0.6) is 0 Å². The molecule has 0 unspecified atom stereocenters. The number of nitrogens with one attached hydrogen (secondary N) is 1. The van der Waals surface area contributed by atoms with Gasteiger partial charge in [-0.1, -0.05) is 48.5 Å². The van der Waals surface area contributed by atoms with E-state index in [-0.39, 0.29) is 5.95 Å². The van der Waals surface area contributed by atoms with Gasteiger partial charge in [0.2, 0.25) is 17.8 Å². The fourth-order valence-electron chi connectivity index (χ4n) is 3.74. The molecule has 0 saturated heterocycles. The molecule has 5 aromatic rings. The van der Waals surface area contributed by atoms with Crippen LogP contribution in [0.1, 0.15) is 6.92 Å². The number of nitrogens with zero attached hydrogens (tertiary/aromatic N) is 4. The Balaban J connectivity index is 1.47. The van der Waals surface area contributed by atoms with Gasteiger partial charge in [0, 0.05) is 29.4 Å². The summed E-state index contributed by atoms with van der Waals surface area (Å²) in [5, 5.41) is 3.95. The normalized spacial score (nSPS) is 10.9. The van der Waals surface area contributed by atoms with Crippen molar-refractivity contribution in [1.29, 1.82) is 0 Å². The first-order valence-corrected chi connectivity index (χ1v) is 10.8. The lowest BCUT2D eigenvalue weighted by Crippen LogP contribution is -2.20. The Morgan fingerprint density at radius 1 is 0.912 bits per heavy atom. The van der Waals surface area contributed by atoms with Crippen LogP contribution in [0.3, 0.4) is 0 Å². The molecule has 5 rings (SSSR count). The van der Waals surface area contributed by atoms with Crippen LogP contribution in [0.15, 0.2) is 94.1 Å². The summed E-state index contributed by atoms with van der Waals surface area (Å²) in [5.74, 6) is 0.824. The van der Waals surface area contributed by atoms with Crippen LogP contribution in [0.25, 0.3) is 22.1 Å². The van der Waals surface area contributed by atoms with Crippen molar-refractivity contribution >= 4 is 40.2 Å². The van der Waals surface area contributed by atoms with Crippen LogP contribution in [0.2, 0.25) is 0 Å². The third-order valence-electron chi connectivity index (χ3n) is 5.34. The molecular weight excluding hydrogens is 428 g/mol. The largest absolute Gasteiger partial charge is 0.422 e. The molecule has 8 nitrogen and oxygen atoms in total. The van der Waals surface area contributed by atoms with E-state index in [1.165, 1.54) is 0 Å². The molecule has 0 fully saturated rings. The van der Waals surface area contributed by atoms with E-state index in [0.29, 0.717) is 35.3 Å². The number of para-hydroxylation sites is 1. The molecule has 0 radical (unpaired) electrons. The first-order valence-electron chi connectivity index (χ1n) is 10.8. The van der Waals surface area contributed by atoms with Crippen molar-refractivity contribution < 1.29 is 4.42 Å². The Bertz CT molecular complexity index is 1500. The van der Waals surface area contributed by atoms with Gasteiger partial charge in [0.05, 0.1) is 5.56 Å². The first kappa shape index (κ1) is 21.1. The summed E-state index contributed by atoms with van der Waals surface area (Å²) in [7, 11) is 0. The molecule has 3 N–H and O–H groups in total. The summed E-state index contributed by atoms with van der Waals surface area (Å²) in [6.07, 6.45) is 0. The molecule has 0 bridgehead atoms. The predicted molar refractivity (Wildman–Crippen MR) is 135 cm³/mol. The molecule has 0 aliphatic carbocycles. The smallest absolute Gasteiger partial charge is 0.344 e. The molecule has 2 heterocycles. The number of fused-ring (bicyclic) bond motifs is 1. The minimum absolute atomic E-state index is 0.0988. The predicted octanol–water partition coefficient (Wildman–Crippen LogP) is 5.13. The molecule has 0 saturated carbocycles. The van der Waals surface area contributed by atoms with E-state index < -0.39 is 5.63 Å². The van der Waals surface area contributed by atoms with Crippen LogP contribution in [0.4, 0.5) is 29.2 Å². The van der Waals surface area contributed by atoms with Crippen LogP contribution in [-0.2, 0) is 0 Å². The van der Waals surface area contributed by atoms with E-state index >= 15 is 0 Å². The Hall–Kier alpha value is -4.72. The third kappa shape index (κ3) is 4.29. The molecule has 3 aromatic carbocycles. The highest BCUT2D eigenvalue weighted by atomic mass is 16.4. The van der Waals surface area contributed by atoms with Gasteiger partial charge in [-0.3, -0.25) is 0 Å². The maximum Gasteiger partial charge on any atom is 0.344 e. The number of anilines is 5. The molecule has 168 valence electrons. The molecule has 0 amide bonds. The summed E-state index contributed by atoms with van der Waals surface area (Å²) in [6, 6.07) is 26.6. The number of aromatic nitrogens is 3. The molecule has 8 heteroatoms. The number of hydrogen-bond acceptors (Lipinski definition) is 8. The van der Waals surface area contributed by atoms with Gasteiger partial charge in [-0.25, -0.2) is 4.79 Å². The highest BCUT2D eigenvalue weighted by molar-refractivity contribution is 5.85. The second kappa shape index (κ2) is 9.03. The first-order chi connectivity index (χ1) is 16.6. The van der Waals surface area contributed by atoms with E-state index in [9.17, 15) is 4.79 Å². The van der Waals surface area contributed by atoms with E-state index in [1.54, 1.807) is 6.07 Å². The number of nitrogen functional groups attached to an aromatic ring is 1. The van der Waals surface area contributed by atoms with Gasteiger partial charge in [-0.05, 0) is 42.8 Å². The Morgan fingerprint density at radius 2 is 1.65 bits per heavy atom. The fourth-order valence-corrected chi connectivity index (χ4v) is 3.74. The SMILES string of the molecule is CCN(c1ccccc1)c1nc(N)nc(Nc2ccc3cc(-c4ccccc4)c(=O)oc3c2)n1. The summed E-state index contributed by atoms with van der Waals surface area (Å²) >= 11 is 0. The van der Waals surface area contributed by atoms with E-state index in [0.717, 1.165) is 16.6 Å². The van der Waals surface area contributed by atoms with Crippen molar-refractivity contribution in [2.24, 2.45) is 0 Å². The molecule has 0 aliphatic rings. The van der Waals surface area contributed by atoms with Gasteiger partial charge in [-0.2, -0.15) is 15.0 Å². The van der Waals surface area contributed by atoms with Gasteiger partial charge in [0.15, 0.2) is 0 Å². The Labute approximate surface area is 195 Å². The van der Waals surface area contributed by atoms with Crippen LogP contribution in [0, 0.1) is 0 Å². The minimum atomic E-state index is -0.399. The molecular formula is C26H22N6O2. The van der Waals surface area contributed by atoms with Gasteiger partial charge in [0.25, 0.3) is 0 Å². The van der Waals surface area contributed by atoms with Gasteiger partial charge >= 0.3 is 5.63 Å². The summed E-state index contributed by atoms with van der Waals surface area (Å²) in [5.41, 5.74) is 8.97. The van der Waals surface area contributed by atoms with Crippen molar-refractivity contribution in [2.45, 2.75) is 6.92 Å². The van der Waals surface area contributed by atoms with Crippen LogP contribution >= 0.6 is 0 Å². The van der Waals surface area contributed by atoms with E-state index in [1.807, 2.05) is 90.7 Å². The highest BCUT2D eigenvalue weighted by Crippen LogP contribution is 2.26. The van der Waals surface area contributed by atoms with E-state index in [4.69, 9.17) is 10.2 Å². The number of rotatable bonds is 6. The minimum Gasteiger partial charge on any atom is -0.422 e. The number of nitrogens with two attached hydrogens (primary N) is 1. The lowest BCUT2D eigenvalue weighted by molar-refractivity contribution is 0.563. The van der Waals surface area contributed by atoms with Crippen LogP contribution < -0.4 is 21.6 Å². The lowest BCUT2D eigenvalue weighted by atomic mass is 10.1. The van der Waals surface area contributed by atoms with Gasteiger partial charge < -0.3 is 20.4 Å².